The fourth-order valence-corrected chi connectivity index (χ4v) is 5.54. The Labute approximate surface area is 231 Å². The fourth-order valence-electron chi connectivity index (χ4n) is 5.54. The Balaban J connectivity index is 1.66. The summed E-state index contributed by atoms with van der Waals surface area (Å²) in [4.78, 5) is 42.7. The lowest BCUT2D eigenvalue weighted by Crippen LogP contribution is -2.62. The second-order valence-electron chi connectivity index (χ2n) is 11.8. The highest BCUT2D eigenvalue weighted by Crippen LogP contribution is 2.33. The van der Waals surface area contributed by atoms with Crippen molar-refractivity contribution in [3.05, 3.63) is 64.7 Å². The van der Waals surface area contributed by atoms with Crippen LogP contribution in [0.5, 0.6) is 5.75 Å². The molecule has 4 atom stereocenters. The van der Waals surface area contributed by atoms with Crippen molar-refractivity contribution in [2.75, 3.05) is 14.2 Å². The van der Waals surface area contributed by atoms with Crippen molar-refractivity contribution in [2.24, 2.45) is 5.41 Å². The molecule has 2 aromatic carbocycles. The lowest BCUT2D eigenvalue weighted by Gasteiger charge is -2.41. The summed E-state index contributed by atoms with van der Waals surface area (Å²) in [7, 11) is 3.32. The summed E-state index contributed by atoms with van der Waals surface area (Å²) in [5.41, 5.74) is 3.80. The molecular weight excluding hydrogens is 492 g/mol. The molecule has 0 radical (unpaired) electrons. The zero-order chi connectivity index (χ0) is 28.3. The van der Waals surface area contributed by atoms with E-state index in [1.165, 1.54) is 5.56 Å². The van der Waals surface area contributed by atoms with Crippen molar-refractivity contribution in [3.8, 4) is 5.75 Å². The van der Waals surface area contributed by atoms with E-state index in [0.717, 1.165) is 36.0 Å². The summed E-state index contributed by atoms with van der Waals surface area (Å²) < 4.78 is 5.43. The minimum Gasteiger partial charge on any atom is -0.497 e. The highest BCUT2D eigenvalue weighted by Gasteiger charge is 2.43. The topological polar surface area (TPSA) is 99.8 Å². The van der Waals surface area contributed by atoms with E-state index >= 15 is 0 Å². The van der Waals surface area contributed by atoms with Crippen molar-refractivity contribution in [3.63, 3.8) is 0 Å². The van der Waals surface area contributed by atoms with Gasteiger partial charge >= 0.3 is 0 Å². The van der Waals surface area contributed by atoms with Crippen LogP contribution in [0, 0.1) is 5.41 Å². The van der Waals surface area contributed by atoms with Gasteiger partial charge < -0.3 is 25.6 Å². The molecule has 0 saturated carbocycles. The third-order valence-electron chi connectivity index (χ3n) is 8.04. The molecule has 0 aromatic heterocycles. The number of rotatable bonds is 7. The van der Waals surface area contributed by atoms with Crippen LogP contribution in [0.25, 0.3) is 0 Å². The van der Waals surface area contributed by atoms with Gasteiger partial charge in [-0.15, -0.1) is 0 Å². The van der Waals surface area contributed by atoms with E-state index in [-0.39, 0.29) is 30.3 Å². The van der Waals surface area contributed by atoms with Gasteiger partial charge in [-0.25, -0.2) is 0 Å². The molecule has 2 aromatic rings. The third kappa shape index (κ3) is 6.27. The number of likely N-dealkylation sites (N-methyl/N-ethyl adjacent to an activating group) is 1. The molecule has 3 amide bonds. The Morgan fingerprint density at radius 3 is 2.49 bits per heavy atom. The Morgan fingerprint density at radius 2 is 1.79 bits per heavy atom. The minimum atomic E-state index is -0.807. The van der Waals surface area contributed by atoms with E-state index in [0.29, 0.717) is 12.2 Å². The summed E-state index contributed by atoms with van der Waals surface area (Å²) in [5, 5.41) is 9.16. The molecule has 8 nitrogen and oxygen atoms in total. The zero-order valence-electron chi connectivity index (χ0n) is 24.0. The summed E-state index contributed by atoms with van der Waals surface area (Å²) in [6.45, 7) is 7.79. The summed E-state index contributed by atoms with van der Waals surface area (Å²) in [6.07, 6.45) is 3.26. The molecule has 4 unspecified atom stereocenters. The number of amides is 3. The summed E-state index contributed by atoms with van der Waals surface area (Å²) in [6, 6.07) is 12.0. The predicted octanol–water partition coefficient (Wildman–Crippen LogP) is 3.28. The van der Waals surface area contributed by atoms with Crippen LogP contribution < -0.4 is 20.7 Å². The quantitative estimate of drug-likeness (QED) is 0.506. The first-order valence-corrected chi connectivity index (χ1v) is 13.9. The van der Waals surface area contributed by atoms with E-state index in [1.807, 2.05) is 51.1 Å². The average Bonchev–Trinajstić information content (AvgIpc) is 2.93. The predicted molar refractivity (Wildman–Crippen MR) is 151 cm³/mol. The van der Waals surface area contributed by atoms with Crippen molar-refractivity contribution in [1.82, 2.24) is 20.9 Å². The van der Waals surface area contributed by atoms with Crippen LogP contribution in [0.1, 0.15) is 68.8 Å². The molecule has 1 aliphatic heterocycles. The van der Waals surface area contributed by atoms with E-state index in [2.05, 4.69) is 28.1 Å². The summed E-state index contributed by atoms with van der Waals surface area (Å²) in [5.74, 6) is 0.00182. The molecular formula is C31H42N4O4. The molecule has 3 N–H and O–H groups in total. The largest absolute Gasteiger partial charge is 0.497 e. The Morgan fingerprint density at radius 1 is 1.05 bits per heavy atom. The van der Waals surface area contributed by atoms with Gasteiger partial charge in [0.25, 0.3) is 0 Å². The molecule has 39 heavy (non-hydrogen) atoms. The lowest BCUT2D eigenvalue weighted by molar-refractivity contribution is -0.147. The van der Waals surface area contributed by atoms with Gasteiger partial charge in [-0.05, 0) is 73.0 Å². The van der Waals surface area contributed by atoms with Crippen LogP contribution in [-0.4, -0.2) is 54.9 Å². The SMILES string of the molecule is CNC(C)C(=O)NC(C(=O)N1Cc2cc(OC)ccc2CC1C(=O)NC1CCCc2ccccc21)C(C)(C)C. The second kappa shape index (κ2) is 11.8. The molecule has 0 bridgehead atoms. The minimum absolute atomic E-state index is 0.0914. The number of ether oxygens (including phenoxy) is 1. The molecule has 1 heterocycles. The van der Waals surface area contributed by atoms with Gasteiger partial charge in [0.15, 0.2) is 0 Å². The lowest BCUT2D eigenvalue weighted by atomic mass is 9.83. The van der Waals surface area contributed by atoms with Gasteiger partial charge in [0.1, 0.15) is 17.8 Å². The smallest absolute Gasteiger partial charge is 0.246 e. The third-order valence-corrected chi connectivity index (χ3v) is 8.04. The second-order valence-corrected chi connectivity index (χ2v) is 11.8. The highest BCUT2D eigenvalue weighted by molar-refractivity contribution is 5.94. The van der Waals surface area contributed by atoms with Crippen LogP contribution in [0.3, 0.4) is 0 Å². The van der Waals surface area contributed by atoms with E-state index in [1.54, 1.807) is 26.0 Å². The number of methoxy groups -OCH3 is 1. The first kappa shape index (κ1) is 28.6. The van der Waals surface area contributed by atoms with Crippen molar-refractivity contribution < 1.29 is 19.1 Å². The van der Waals surface area contributed by atoms with Crippen LogP contribution in [0.2, 0.25) is 0 Å². The molecule has 210 valence electrons. The van der Waals surface area contributed by atoms with Crippen molar-refractivity contribution in [1.29, 1.82) is 0 Å². The maximum atomic E-state index is 14.2. The number of hydrogen-bond acceptors (Lipinski definition) is 5. The number of nitrogens with zero attached hydrogens (tertiary/aromatic N) is 1. The van der Waals surface area contributed by atoms with Gasteiger partial charge in [0, 0.05) is 13.0 Å². The molecule has 0 fully saturated rings. The Bertz CT molecular complexity index is 1220. The maximum Gasteiger partial charge on any atom is 0.246 e. The first-order valence-electron chi connectivity index (χ1n) is 13.9. The number of carbonyl (C=O) groups excluding carboxylic acids is 3. The van der Waals surface area contributed by atoms with E-state index in [4.69, 9.17) is 4.74 Å². The van der Waals surface area contributed by atoms with Gasteiger partial charge in [0.05, 0.1) is 19.2 Å². The monoisotopic (exact) mass is 534 g/mol. The number of benzene rings is 2. The molecule has 8 heteroatoms. The fraction of sp³-hybridized carbons (Fsp3) is 0.516. The molecule has 4 rings (SSSR count). The molecule has 2 aliphatic rings. The van der Waals surface area contributed by atoms with Crippen molar-refractivity contribution >= 4 is 17.7 Å². The van der Waals surface area contributed by atoms with Gasteiger partial charge in [-0.2, -0.15) is 0 Å². The average molecular weight is 535 g/mol. The Hall–Kier alpha value is -3.39. The van der Waals surface area contributed by atoms with Gasteiger partial charge in [0.2, 0.25) is 17.7 Å². The molecule has 0 spiro atoms. The van der Waals surface area contributed by atoms with Gasteiger partial charge in [-0.1, -0.05) is 51.1 Å². The number of nitrogens with one attached hydrogen (secondary N) is 3. The van der Waals surface area contributed by atoms with Crippen LogP contribution in [0.15, 0.2) is 42.5 Å². The van der Waals surface area contributed by atoms with E-state index in [9.17, 15) is 14.4 Å². The summed E-state index contributed by atoms with van der Waals surface area (Å²) >= 11 is 0. The first-order chi connectivity index (χ1) is 18.5. The molecule has 1 aliphatic carbocycles. The van der Waals surface area contributed by atoms with Crippen molar-refractivity contribution in [2.45, 2.75) is 84.1 Å². The Kier molecular flexibility index (Phi) is 8.64. The van der Waals surface area contributed by atoms with E-state index < -0.39 is 23.5 Å². The normalized spacial score (nSPS) is 20.2. The van der Waals surface area contributed by atoms with Crippen LogP contribution >= 0.6 is 0 Å². The number of fused-ring (bicyclic) bond motifs is 2. The number of carbonyl (C=O) groups is 3. The number of aryl methyl sites for hydroxylation is 1. The highest BCUT2D eigenvalue weighted by atomic mass is 16.5. The van der Waals surface area contributed by atoms with Gasteiger partial charge in [-0.3, -0.25) is 14.4 Å². The molecule has 0 saturated heterocycles. The number of hydrogen-bond donors (Lipinski definition) is 3. The maximum absolute atomic E-state index is 14.2. The van der Waals surface area contributed by atoms with Crippen LogP contribution in [-0.2, 0) is 33.8 Å². The van der Waals surface area contributed by atoms with Crippen LogP contribution in [0.4, 0.5) is 0 Å². The standard InChI is InChI=1S/C31H42N4O4/c1-19(32-5)28(36)34-27(31(2,3)4)30(38)35-18-22-16-23(39-6)15-14-21(22)17-26(35)29(37)33-25-13-9-11-20-10-7-8-12-24(20)25/h7-8,10,12,14-16,19,25-27,32H,9,11,13,17-18H2,1-6H3,(H,33,37)(H,34,36). The zero-order valence-corrected chi connectivity index (χ0v) is 24.0.